The molecular formula is C14H27Cl2N3O2. The quantitative estimate of drug-likeness (QED) is 0.802. The van der Waals surface area contributed by atoms with Gasteiger partial charge < -0.3 is 15.8 Å². The molecule has 0 spiro atoms. The zero-order chi connectivity index (χ0) is 13.5. The molecule has 3 rings (SSSR count). The summed E-state index contributed by atoms with van der Waals surface area (Å²) in [6.45, 7) is 5.51. The van der Waals surface area contributed by atoms with E-state index in [9.17, 15) is 4.79 Å². The van der Waals surface area contributed by atoms with Crippen molar-refractivity contribution in [3.63, 3.8) is 0 Å². The first-order valence-electron chi connectivity index (χ1n) is 7.50. The van der Waals surface area contributed by atoms with Gasteiger partial charge in [0.1, 0.15) is 0 Å². The minimum Gasteiger partial charge on any atom is -0.381 e. The Bertz CT molecular complexity index is 360. The van der Waals surface area contributed by atoms with E-state index in [0.29, 0.717) is 32.0 Å². The van der Waals surface area contributed by atoms with Gasteiger partial charge in [-0.2, -0.15) is 0 Å². The van der Waals surface area contributed by atoms with Crippen LogP contribution in [0.25, 0.3) is 0 Å². The lowest BCUT2D eigenvalue weighted by Gasteiger charge is -2.33. The Morgan fingerprint density at radius 2 is 1.86 bits per heavy atom. The number of carbonyl (C=O) groups excluding carboxylic acids is 1. The standard InChI is InChI=1S/C14H25N3O2.2ClH/c1-10-8-17(11-2-3-11)9-12(10)16-13(18)14(15)4-6-19-7-5-14;;/h10-12H,2-9,15H2,1H3,(H,16,18);2*1H. The van der Waals surface area contributed by atoms with Crippen molar-refractivity contribution < 1.29 is 9.53 Å². The maximum atomic E-state index is 12.4. The Morgan fingerprint density at radius 1 is 1.24 bits per heavy atom. The van der Waals surface area contributed by atoms with Crippen molar-refractivity contribution in [3.05, 3.63) is 0 Å². The zero-order valence-electron chi connectivity index (χ0n) is 12.5. The fraction of sp³-hybridized carbons (Fsp3) is 0.929. The van der Waals surface area contributed by atoms with Crippen LogP contribution in [0.1, 0.15) is 32.6 Å². The average molecular weight is 340 g/mol. The molecular weight excluding hydrogens is 313 g/mol. The number of halogens is 2. The van der Waals surface area contributed by atoms with Crippen molar-refractivity contribution >= 4 is 30.7 Å². The van der Waals surface area contributed by atoms with E-state index in [-0.39, 0.29) is 36.8 Å². The summed E-state index contributed by atoms with van der Waals surface area (Å²) in [5.74, 6) is 0.540. The third kappa shape index (κ3) is 4.23. The van der Waals surface area contributed by atoms with Crippen LogP contribution in [0.2, 0.25) is 0 Å². The maximum absolute atomic E-state index is 12.4. The number of ether oxygens (including phenoxy) is 1. The summed E-state index contributed by atoms with van der Waals surface area (Å²) >= 11 is 0. The molecule has 0 aromatic carbocycles. The van der Waals surface area contributed by atoms with Crippen LogP contribution in [0.4, 0.5) is 0 Å². The molecule has 0 bridgehead atoms. The molecule has 3 N–H and O–H groups in total. The van der Waals surface area contributed by atoms with Gasteiger partial charge in [0.25, 0.3) is 0 Å². The van der Waals surface area contributed by atoms with Gasteiger partial charge in [0.15, 0.2) is 0 Å². The normalized spacial score (nSPS) is 31.9. The average Bonchev–Trinajstić information content (AvgIpc) is 3.17. The van der Waals surface area contributed by atoms with Crippen LogP contribution in [-0.4, -0.2) is 54.7 Å². The fourth-order valence-corrected chi connectivity index (χ4v) is 3.20. The summed E-state index contributed by atoms with van der Waals surface area (Å²) in [6.07, 6.45) is 3.91. The van der Waals surface area contributed by atoms with E-state index in [1.54, 1.807) is 0 Å². The first kappa shape index (κ1) is 19.0. The third-order valence-electron chi connectivity index (χ3n) is 4.86. The highest BCUT2D eigenvalue weighted by molar-refractivity contribution is 5.86. The Morgan fingerprint density at radius 3 is 2.43 bits per heavy atom. The maximum Gasteiger partial charge on any atom is 0.240 e. The van der Waals surface area contributed by atoms with Gasteiger partial charge in [-0.1, -0.05) is 6.92 Å². The predicted octanol–water partition coefficient (Wildman–Crippen LogP) is 0.937. The van der Waals surface area contributed by atoms with Crippen molar-refractivity contribution in [2.45, 2.75) is 50.2 Å². The number of nitrogens with two attached hydrogens (primary N) is 1. The number of hydrogen-bond acceptors (Lipinski definition) is 4. The van der Waals surface area contributed by atoms with E-state index in [1.807, 2.05) is 0 Å². The number of nitrogens with zero attached hydrogens (tertiary/aromatic N) is 1. The number of rotatable bonds is 3. The molecule has 2 unspecified atom stereocenters. The predicted molar refractivity (Wildman–Crippen MR) is 87.2 cm³/mol. The van der Waals surface area contributed by atoms with E-state index in [0.717, 1.165) is 19.1 Å². The molecule has 7 heteroatoms. The van der Waals surface area contributed by atoms with Gasteiger partial charge in [-0.15, -0.1) is 24.8 Å². The Labute approximate surface area is 139 Å². The zero-order valence-corrected chi connectivity index (χ0v) is 14.2. The molecule has 2 saturated heterocycles. The highest BCUT2D eigenvalue weighted by Gasteiger charge is 2.42. The highest BCUT2D eigenvalue weighted by Crippen LogP contribution is 2.32. The van der Waals surface area contributed by atoms with Crippen molar-refractivity contribution in [1.29, 1.82) is 0 Å². The summed E-state index contributed by atoms with van der Waals surface area (Å²) < 4.78 is 5.29. The second-order valence-electron chi connectivity index (χ2n) is 6.51. The molecule has 1 saturated carbocycles. The molecule has 2 heterocycles. The van der Waals surface area contributed by atoms with Gasteiger partial charge in [0, 0.05) is 38.4 Å². The molecule has 0 radical (unpaired) electrons. The lowest BCUT2D eigenvalue weighted by molar-refractivity contribution is -0.130. The highest BCUT2D eigenvalue weighted by atomic mass is 35.5. The van der Waals surface area contributed by atoms with Crippen LogP contribution < -0.4 is 11.1 Å². The van der Waals surface area contributed by atoms with Crippen LogP contribution in [0.15, 0.2) is 0 Å². The van der Waals surface area contributed by atoms with Crippen molar-refractivity contribution in [2.24, 2.45) is 11.7 Å². The Balaban J connectivity index is 0.00000110. The summed E-state index contributed by atoms with van der Waals surface area (Å²) in [6, 6.07) is 1.04. The molecule has 0 aromatic rings. The molecule has 2 aliphatic heterocycles. The van der Waals surface area contributed by atoms with E-state index < -0.39 is 5.54 Å². The number of nitrogens with one attached hydrogen (secondary N) is 1. The van der Waals surface area contributed by atoms with E-state index in [1.165, 1.54) is 12.8 Å². The molecule has 3 fully saturated rings. The first-order chi connectivity index (χ1) is 9.08. The lowest BCUT2D eigenvalue weighted by atomic mass is 9.89. The number of carbonyl (C=O) groups is 1. The van der Waals surface area contributed by atoms with Gasteiger partial charge in [0.2, 0.25) is 5.91 Å². The number of amides is 1. The molecule has 124 valence electrons. The minimum atomic E-state index is -0.717. The summed E-state index contributed by atoms with van der Waals surface area (Å²) in [4.78, 5) is 14.9. The molecule has 0 aromatic heterocycles. The number of hydrogen-bond donors (Lipinski definition) is 2. The van der Waals surface area contributed by atoms with Crippen LogP contribution in [0, 0.1) is 5.92 Å². The third-order valence-corrected chi connectivity index (χ3v) is 4.86. The lowest BCUT2D eigenvalue weighted by Crippen LogP contribution is -2.59. The molecule has 2 atom stereocenters. The van der Waals surface area contributed by atoms with E-state index >= 15 is 0 Å². The van der Waals surface area contributed by atoms with Gasteiger partial charge >= 0.3 is 0 Å². The van der Waals surface area contributed by atoms with Crippen molar-refractivity contribution in [2.75, 3.05) is 26.3 Å². The van der Waals surface area contributed by atoms with E-state index in [4.69, 9.17) is 10.5 Å². The SMILES string of the molecule is CC1CN(C2CC2)CC1NC(=O)C1(N)CCOCC1.Cl.Cl. The van der Waals surface area contributed by atoms with Crippen LogP contribution in [0.3, 0.4) is 0 Å². The Hall–Kier alpha value is -0.0700. The van der Waals surface area contributed by atoms with Crippen LogP contribution in [0.5, 0.6) is 0 Å². The number of likely N-dealkylation sites (tertiary alicyclic amines) is 1. The second-order valence-corrected chi connectivity index (χ2v) is 6.51. The van der Waals surface area contributed by atoms with Gasteiger partial charge in [-0.3, -0.25) is 9.69 Å². The molecule has 21 heavy (non-hydrogen) atoms. The van der Waals surface area contributed by atoms with Gasteiger partial charge in [-0.25, -0.2) is 0 Å². The summed E-state index contributed by atoms with van der Waals surface area (Å²) in [5, 5.41) is 3.19. The topological polar surface area (TPSA) is 67.6 Å². The first-order valence-corrected chi connectivity index (χ1v) is 7.50. The summed E-state index contributed by atoms with van der Waals surface area (Å²) in [7, 11) is 0. The summed E-state index contributed by atoms with van der Waals surface area (Å²) in [5.41, 5.74) is 5.51. The van der Waals surface area contributed by atoms with Crippen molar-refractivity contribution in [3.8, 4) is 0 Å². The fourth-order valence-electron chi connectivity index (χ4n) is 3.20. The monoisotopic (exact) mass is 339 g/mol. The van der Waals surface area contributed by atoms with Gasteiger partial charge in [0.05, 0.1) is 5.54 Å². The van der Waals surface area contributed by atoms with Crippen molar-refractivity contribution in [1.82, 2.24) is 10.2 Å². The van der Waals surface area contributed by atoms with Gasteiger partial charge in [-0.05, 0) is 31.6 Å². The molecule has 1 amide bonds. The molecule has 3 aliphatic rings. The second kappa shape index (κ2) is 7.47. The minimum absolute atomic E-state index is 0. The largest absolute Gasteiger partial charge is 0.381 e. The molecule has 5 nitrogen and oxygen atoms in total. The van der Waals surface area contributed by atoms with E-state index in [2.05, 4.69) is 17.1 Å². The molecule has 1 aliphatic carbocycles. The smallest absolute Gasteiger partial charge is 0.240 e. The van der Waals surface area contributed by atoms with Crippen LogP contribution >= 0.6 is 24.8 Å². The Kier molecular flexibility index (Phi) is 6.75. The van der Waals surface area contributed by atoms with Crippen LogP contribution in [-0.2, 0) is 9.53 Å².